The maximum absolute atomic E-state index is 9.99. The maximum Gasteiger partial charge on any atom is 0.0791 e. The second-order valence-electron chi connectivity index (χ2n) is 5.58. The van der Waals surface area contributed by atoms with Gasteiger partial charge in [0.1, 0.15) is 0 Å². The number of ether oxygens (including phenoxy) is 1. The molecule has 4 nitrogen and oxygen atoms in total. The molecule has 1 aliphatic rings. The van der Waals surface area contributed by atoms with E-state index in [-0.39, 0.29) is 11.6 Å². The lowest BCUT2D eigenvalue weighted by molar-refractivity contribution is 0.0136. The molecule has 1 fully saturated rings. The molecule has 0 aromatic rings. The first-order valence-corrected chi connectivity index (χ1v) is 6.76. The predicted molar refractivity (Wildman–Crippen MR) is 70.3 cm³/mol. The number of aliphatic hydroxyl groups is 1. The van der Waals surface area contributed by atoms with Crippen LogP contribution in [0.25, 0.3) is 0 Å². The first kappa shape index (κ1) is 14.9. The van der Waals surface area contributed by atoms with Gasteiger partial charge in [0, 0.05) is 31.7 Å². The highest BCUT2D eigenvalue weighted by Gasteiger charge is 2.19. The Balaban J connectivity index is 2.17. The van der Waals surface area contributed by atoms with Gasteiger partial charge >= 0.3 is 0 Å². The van der Waals surface area contributed by atoms with Crippen LogP contribution in [0.4, 0.5) is 0 Å². The summed E-state index contributed by atoms with van der Waals surface area (Å²) in [6.45, 7) is 11.5. The average Bonchev–Trinajstić information content (AvgIpc) is 2.28. The minimum Gasteiger partial charge on any atom is -0.390 e. The molecule has 1 heterocycles. The van der Waals surface area contributed by atoms with Gasteiger partial charge in [-0.25, -0.2) is 0 Å². The fourth-order valence-electron chi connectivity index (χ4n) is 2.25. The molecule has 0 aromatic carbocycles. The molecule has 102 valence electrons. The second kappa shape index (κ2) is 7.31. The van der Waals surface area contributed by atoms with Crippen LogP contribution in [0.3, 0.4) is 0 Å². The number of hydrogen-bond donors (Lipinski definition) is 2. The maximum atomic E-state index is 9.99. The Morgan fingerprint density at radius 3 is 2.59 bits per heavy atom. The molecule has 0 aromatic heterocycles. The Labute approximate surface area is 105 Å². The summed E-state index contributed by atoms with van der Waals surface area (Å²) in [5, 5.41) is 13.4. The van der Waals surface area contributed by atoms with E-state index in [1.54, 1.807) is 0 Å². The van der Waals surface area contributed by atoms with Gasteiger partial charge < -0.3 is 15.2 Å². The summed E-state index contributed by atoms with van der Waals surface area (Å²) in [6.07, 6.45) is 2.01. The number of hydrogen-bond acceptors (Lipinski definition) is 4. The van der Waals surface area contributed by atoms with Crippen molar-refractivity contribution in [3.8, 4) is 0 Å². The molecule has 1 saturated heterocycles. The number of nitrogens with one attached hydrogen (secondary N) is 1. The van der Waals surface area contributed by atoms with Gasteiger partial charge in [0.2, 0.25) is 0 Å². The Morgan fingerprint density at radius 1 is 1.35 bits per heavy atom. The predicted octanol–water partition coefficient (Wildman–Crippen LogP) is 0.848. The SMILES string of the molecule is CCCC(C)(C)NCC(O)CN1CCOCC1. The third-order valence-corrected chi connectivity index (χ3v) is 3.26. The molecule has 0 radical (unpaired) electrons. The smallest absolute Gasteiger partial charge is 0.0791 e. The summed E-state index contributed by atoms with van der Waals surface area (Å²) in [5.41, 5.74) is 0.126. The normalized spacial score (nSPS) is 20.5. The minimum atomic E-state index is -0.288. The van der Waals surface area contributed by atoms with Gasteiger partial charge in [0.05, 0.1) is 19.3 Å². The lowest BCUT2D eigenvalue weighted by Gasteiger charge is -2.31. The number of nitrogens with zero attached hydrogens (tertiary/aromatic N) is 1. The summed E-state index contributed by atoms with van der Waals surface area (Å²) in [6, 6.07) is 0. The molecule has 2 N–H and O–H groups in total. The second-order valence-corrected chi connectivity index (χ2v) is 5.58. The molecule has 17 heavy (non-hydrogen) atoms. The zero-order chi connectivity index (χ0) is 12.7. The highest BCUT2D eigenvalue weighted by molar-refractivity contribution is 4.79. The van der Waals surface area contributed by atoms with Crippen molar-refractivity contribution >= 4 is 0 Å². The van der Waals surface area contributed by atoms with Crippen molar-refractivity contribution < 1.29 is 9.84 Å². The molecule has 4 heteroatoms. The fraction of sp³-hybridized carbons (Fsp3) is 1.00. The third-order valence-electron chi connectivity index (χ3n) is 3.26. The summed E-state index contributed by atoms with van der Waals surface area (Å²) >= 11 is 0. The van der Waals surface area contributed by atoms with E-state index in [1.165, 1.54) is 6.42 Å². The quantitative estimate of drug-likeness (QED) is 0.697. The Kier molecular flexibility index (Phi) is 6.41. The monoisotopic (exact) mass is 244 g/mol. The lowest BCUT2D eigenvalue weighted by Crippen LogP contribution is -2.48. The number of rotatable bonds is 7. The standard InChI is InChI=1S/C13H28N2O2/c1-4-5-13(2,3)14-10-12(16)11-15-6-8-17-9-7-15/h12,14,16H,4-11H2,1-3H3. The highest BCUT2D eigenvalue weighted by Crippen LogP contribution is 2.10. The van der Waals surface area contributed by atoms with Gasteiger partial charge in [0.15, 0.2) is 0 Å². The van der Waals surface area contributed by atoms with Crippen molar-refractivity contribution in [2.24, 2.45) is 0 Å². The highest BCUT2D eigenvalue weighted by atomic mass is 16.5. The van der Waals surface area contributed by atoms with E-state index in [0.717, 1.165) is 39.3 Å². The summed E-state index contributed by atoms with van der Waals surface area (Å²) < 4.78 is 5.29. The molecule has 1 aliphatic heterocycles. The molecule has 0 saturated carbocycles. The summed E-state index contributed by atoms with van der Waals surface area (Å²) in [5.74, 6) is 0. The summed E-state index contributed by atoms with van der Waals surface area (Å²) in [7, 11) is 0. The molecular weight excluding hydrogens is 216 g/mol. The van der Waals surface area contributed by atoms with Crippen LogP contribution in [-0.4, -0.2) is 61.0 Å². The van der Waals surface area contributed by atoms with Crippen molar-refractivity contribution in [3.63, 3.8) is 0 Å². The van der Waals surface area contributed by atoms with E-state index < -0.39 is 0 Å². The molecule has 1 unspecified atom stereocenters. The van der Waals surface area contributed by atoms with Crippen molar-refractivity contribution in [2.75, 3.05) is 39.4 Å². The van der Waals surface area contributed by atoms with Crippen molar-refractivity contribution in [1.82, 2.24) is 10.2 Å². The molecule has 0 spiro atoms. The third kappa shape index (κ3) is 6.36. The van der Waals surface area contributed by atoms with Crippen LogP contribution in [0.15, 0.2) is 0 Å². The Morgan fingerprint density at radius 2 is 2.00 bits per heavy atom. The molecule has 0 bridgehead atoms. The van der Waals surface area contributed by atoms with Crippen LogP contribution in [0.5, 0.6) is 0 Å². The fourth-order valence-corrected chi connectivity index (χ4v) is 2.25. The Bertz CT molecular complexity index is 204. The number of β-amino-alcohol motifs (C(OH)–C–C–N with tert-alkyl or cyclic N) is 1. The van der Waals surface area contributed by atoms with Gasteiger partial charge in [-0.1, -0.05) is 13.3 Å². The van der Waals surface area contributed by atoms with E-state index in [0.29, 0.717) is 6.54 Å². The molecule has 0 aliphatic carbocycles. The Hall–Kier alpha value is -0.160. The van der Waals surface area contributed by atoms with Crippen LogP contribution in [0.1, 0.15) is 33.6 Å². The first-order chi connectivity index (χ1) is 8.03. The molecule has 1 atom stereocenters. The first-order valence-electron chi connectivity index (χ1n) is 6.76. The van der Waals surface area contributed by atoms with Gasteiger partial charge in [0.25, 0.3) is 0 Å². The lowest BCUT2D eigenvalue weighted by atomic mass is 9.99. The molecular formula is C13H28N2O2. The largest absolute Gasteiger partial charge is 0.390 e. The summed E-state index contributed by atoms with van der Waals surface area (Å²) in [4.78, 5) is 2.27. The van der Waals surface area contributed by atoms with E-state index in [4.69, 9.17) is 4.74 Å². The van der Waals surface area contributed by atoms with Gasteiger partial charge in [-0.3, -0.25) is 4.90 Å². The van der Waals surface area contributed by atoms with Crippen LogP contribution in [0.2, 0.25) is 0 Å². The van der Waals surface area contributed by atoms with Crippen LogP contribution < -0.4 is 5.32 Å². The van der Waals surface area contributed by atoms with E-state index in [1.807, 2.05) is 0 Å². The van der Waals surface area contributed by atoms with Crippen molar-refractivity contribution in [2.45, 2.75) is 45.3 Å². The average molecular weight is 244 g/mol. The van der Waals surface area contributed by atoms with Crippen molar-refractivity contribution in [1.29, 1.82) is 0 Å². The van der Waals surface area contributed by atoms with Crippen LogP contribution in [-0.2, 0) is 4.74 Å². The minimum absolute atomic E-state index is 0.126. The van der Waals surface area contributed by atoms with E-state index in [2.05, 4.69) is 31.0 Å². The van der Waals surface area contributed by atoms with Crippen LogP contribution >= 0.6 is 0 Å². The van der Waals surface area contributed by atoms with E-state index in [9.17, 15) is 5.11 Å². The van der Waals surface area contributed by atoms with Gasteiger partial charge in [-0.2, -0.15) is 0 Å². The number of morpholine rings is 1. The van der Waals surface area contributed by atoms with Gasteiger partial charge in [-0.05, 0) is 20.3 Å². The topological polar surface area (TPSA) is 44.7 Å². The zero-order valence-electron chi connectivity index (χ0n) is 11.5. The zero-order valence-corrected chi connectivity index (χ0v) is 11.5. The van der Waals surface area contributed by atoms with Crippen LogP contribution in [0, 0.1) is 0 Å². The van der Waals surface area contributed by atoms with Crippen molar-refractivity contribution in [3.05, 3.63) is 0 Å². The molecule has 1 rings (SSSR count). The molecule has 0 amide bonds. The number of aliphatic hydroxyl groups excluding tert-OH is 1. The van der Waals surface area contributed by atoms with Gasteiger partial charge in [-0.15, -0.1) is 0 Å². The van der Waals surface area contributed by atoms with E-state index >= 15 is 0 Å².